The number of nitrogens with zero attached hydrogens (tertiary/aromatic N) is 2. The SMILES string of the molecule is Cc1nc2c(C(=O)O)cccc2n1-c1cc(Cl)ccc1F. The molecule has 0 saturated carbocycles. The van der Waals surface area contributed by atoms with Gasteiger partial charge in [0.05, 0.1) is 16.8 Å². The first-order valence-corrected chi connectivity index (χ1v) is 6.53. The van der Waals surface area contributed by atoms with Crippen molar-refractivity contribution in [2.24, 2.45) is 0 Å². The lowest BCUT2D eigenvalue weighted by Crippen LogP contribution is -2.00. The number of benzene rings is 2. The fourth-order valence-electron chi connectivity index (χ4n) is 2.35. The summed E-state index contributed by atoms with van der Waals surface area (Å²) in [6.07, 6.45) is 0. The van der Waals surface area contributed by atoms with E-state index >= 15 is 0 Å². The maximum absolute atomic E-state index is 14.1. The molecule has 1 N–H and O–H groups in total. The van der Waals surface area contributed by atoms with Gasteiger partial charge in [-0.25, -0.2) is 14.2 Å². The van der Waals surface area contributed by atoms with Crippen LogP contribution in [0.3, 0.4) is 0 Å². The minimum absolute atomic E-state index is 0.0804. The van der Waals surface area contributed by atoms with Gasteiger partial charge in [0.15, 0.2) is 0 Å². The molecule has 21 heavy (non-hydrogen) atoms. The molecule has 6 heteroatoms. The number of hydrogen-bond acceptors (Lipinski definition) is 2. The van der Waals surface area contributed by atoms with Gasteiger partial charge in [-0.3, -0.25) is 4.57 Å². The number of aryl methyl sites for hydroxylation is 1. The highest BCUT2D eigenvalue weighted by Crippen LogP contribution is 2.27. The summed E-state index contributed by atoms with van der Waals surface area (Å²) in [6, 6.07) is 8.98. The average Bonchev–Trinajstić information content (AvgIpc) is 2.77. The van der Waals surface area contributed by atoms with Crippen molar-refractivity contribution in [1.82, 2.24) is 9.55 Å². The molecule has 0 amide bonds. The second-order valence-corrected chi connectivity index (χ2v) is 5.01. The number of para-hydroxylation sites is 1. The van der Waals surface area contributed by atoms with Crippen molar-refractivity contribution in [3.63, 3.8) is 0 Å². The third-order valence-corrected chi connectivity index (χ3v) is 3.47. The number of halogens is 2. The van der Waals surface area contributed by atoms with Crippen LogP contribution in [-0.4, -0.2) is 20.6 Å². The predicted octanol–water partition coefficient (Wildman–Crippen LogP) is 3.82. The van der Waals surface area contributed by atoms with Gasteiger partial charge < -0.3 is 5.11 Å². The van der Waals surface area contributed by atoms with Crippen LogP contribution < -0.4 is 0 Å². The van der Waals surface area contributed by atoms with E-state index in [1.54, 1.807) is 23.6 Å². The minimum atomic E-state index is -1.07. The van der Waals surface area contributed by atoms with E-state index in [9.17, 15) is 14.3 Å². The van der Waals surface area contributed by atoms with Crippen LogP contribution >= 0.6 is 11.6 Å². The summed E-state index contributed by atoms with van der Waals surface area (Å²) < 4.78 is 15.6. The average molecular weight is 305 g/mol. The van der Waals surface area contributed by atoms with Crippen molar-refractivity contribution < 1.29 is 14.3 Å². The zero-order valence-corrected chi connectivity index (χ0v) is 11.7. The molecule has 0 bridgehead atoms. The first kappa shape index (κ1) is 13.6. The Morgan fingerprint density at radius 1 is 1.33 bits per heavy atom. The third kappa shape index (κ3) is 2.15. The third-order valence-electron chi connectivity index (χ3n) is 3.23. The Balaban J connectivity index is 2.38. The molecule has 4 nitrogen and oxygen atoms in total. The summed E-state index contributed by atoms with van der Waals surface area (Å²) in [7, 11) is 0. The van der Waals surface area contributed by atoms with E-state index in [2.05, 4.69) is 4.98 Å². The number of carbonyl (C=O) groups is 1. The summed E-state index contributed by atoms with van der Waals surface area (Å²) in [4.78, 5) is 15.5. The van der Waals surface area contributed by atoms with Crippen LogP contribution in [0.25, 0.3) is 16.7 Å². The Hall–Kier alpha value is -2.40. The first-order valence-electron chi connectivity index (χ1n) is 6.16. The van der Waals surface area contributed by atoms with Crippen LogP contribution in [0.15, 0.2) is 36.4 Å². The van der Waals surface area contributed by atoms with Crippen molar-refractivity contribution in [2.75, 3.05) is 0 Å². The summed E-state index contributed by atoms with van der Waals surface area (Å²) in [5.41, 5.74) is 1.16. The van der Waals surface area contributed by atoms with Crippen LogP contribution in [0.4, 0.5) is 4.39 Å². The highest BCUT2D eigenvalue weighted by atomic mass is 35.5. The summed E-state index contributed by atoms with van der Waals surface area (Å²) in [5.74, 6) is -1.04. The van der Waals surface area contributed by atoms with Gasteiger partial charge in [0.25, 0.3) is 0 Å². The van der Waals surface area contributed by atoms with E-state index in [0.29, 0.717) is 21.9 Å². The minimum Gasteiger partial charge on any atom is -0.478 e. The standard InChI is InChI=1S/C15H10ClFN2O2/c1-8-18-14-10(15(20)21)3-2-4-12(14)19(8)13-7-9(16)5-6-11(13)17/h2-7H,1H3,(H,20,21). The molecule has 0 atom stereocenters. The van der Waals surface area contributed by atoms with Crippen molar-refractivity contribution in [2.45, 2.75) is 6.92 Å². The van der Waals surface area contributed by atoms with Gasteiger partial charge >= 0.3 is 5.97 Å². The highest BCUT2D eigenvalue weighted by molar-refractivity contribution is 6.30. The zero-order chi connectivity index (χ0) is 15.1. The van der Waals surface area contributed by atoms with Crippen molar-refractivity contribution in [1.29, 1.82) is 0 Å². The molecule has 1 heterocycles. The van der Waals surface area contributed by atoms with E-state index in [1.807, 2.05) is 0 Å². The molecule has 0 fully saturated rings. The Labute approximate surface area is 124 Å². The number of fused-ring (bicyclic) bond motifs is 1. The lowest BCUT2D eigenvalue weighted by atomic mass is 10.2. The molecule has 0 spiro atoms. The largest absolute Gasteiger partial charge is 0.478 e. The number of aromatic nitrogens is 2. The van der Waals surface area contributed by atoms with Gasteiger partial charge in [-0.05, 0) is 37.3 Å². The Kier molecular flexibility index (Phi) is 3.14. The number of carboxylic acid groups (broad SMARTS) is 1. The smallest absolute Gasteiger partial charge is 0.337 e. The van der Waals surface area contributed by atoms with E-state index < -0.39 is 11.8 Å². The van der Waals surface area contributed by atoms with E-state index in [4.69, 9.17) is 11.6 Å². The summed E-state index contributed by atoms with van der Waals surface area (Å²) in [5, 5.41) is 9.60. The van der Waals surface area contributed by atoms with E-state index in [1.165, 1.54) is 24.3 Å². The van der Waals surface area contributed by atoms with Gasteiger partial charge in [0.2, 0.25) is 0 Å². The van der Waals surface area contributed by atoms with Gasteiger partial charge in [0, 0.05) is 5.02 Å². The fourth-order valence-corrected chi connectivity index (χ4v) is 2.52. The maximum Gasteiger partial charge on any atom is 0.337 e. The van der Waals surface area contributed by atoms with Gasteiger partial charge in [-0.2, -0.15) is 0 Å². The quantitative estimate of drug-likeness (QED) is 0.783. The van der Waals surface area contributed by atoms with E-state index in [0.717, 1.165) is 0 Å². The second-order valence-electron chi connectivity index (χ2n) is 4.57. The fraction of sp³-hybridized carbons (Fsp3) is 0.0667. The number of imidazole rings is 1. The maximum atomic E-state index is 14.1. The summed E-state index contributed by atoms with van der Waals surface area (Å²) in [6.45, 7) is 1.69. The molecule has 0 radical (unpaired) electrons. The van der Waals surface area contributed by atoms with Crippen molar-refractivity contribution in [3.05, 3.63) is 58.6 Å². The molecular formula is C15H10ClFN2O2. The number of rotatable bonds is 2. The Morgan fingerprint density at radius 2 is 2.10 bits per heavy atom. The molecule has 2 aromatic carbocycles. The zero-order valence-electron chi connectivity index (χ0n) is 11.0. The van der Waals surface area contributed by atoms with Crippen LogP contribution in [0.2, 0.25) is 5.02 Å². The molecular weight excluding hydrogens is 295 g/mol. The lowest BCUT2D eigenvalue weighted by Gasteiger charge is -2.08. The van der Waals surface area contributed by atoms with Crippen LogP contribution in [0, 0.1) is 12.7 Å². The lowest BCUT2D eigenvalue weighted by molar-refractivity contribution is 0.0699. The van der Waals surface area contributed by atoms with Crippen molar-refractivity contribution in [3.8, 4) is 5.69 Å². The molecule has 0 saturated heterocycles. The molecule has 3 rings (SSSR count). The number of hydrogen-bond donors (Lipinski definition) is 1. The number of carboxylic acids is 1. The topological polar surface area (TPSA) is 55.1 Å². The molecule has 0 aliphatic heterocycles. The predicted molar refractivity (Wildman–Crippen MR) is 77.7 cm³/mol. The van der Waals surface area contributed by atoms with E-state index in [-0.39, 0.29) is 11.3 Å². The summed E-state index contributed by atoms with van der Waals surface area (Å²) >= 11 is 5.92. The highest BCUT2D eigenvalue weighted by Gasteiger charge is 2.17. The van der Waals surface area contributed by atoms with Gasteiger partial charge in [0.1, 0.15) is 17.2 Å². The molecule has 0 aliphatic rings. The molecule has 1 aromatic heterocycles. The monoisotopic (exact) mass is 304 g/mol. The van der Waals surface area contributed by atoms with Crippen LogP contribution in [0.1, 0.15) is 16.2 Å². The molecule has 0 aliphatic carbocycles. The Bertz CT molecular complexity index is 873. The normalized spacial score (nSPS) is 11.0. The van der Waals surface area contributed by atoms with Gasteiger partial charge in [-0.15, -0.1) is 0 Å². The second kappa shape index (κ2) is 4.86. The molecule has 106 valence electrons. The molecule has 0 unspecified atom stereocenters. The van der Waals surface area contributed by atoms with Crippen LogP contribution in [-0.2, 0) is 0 Å². The first-order chi connectivity index (χ1) is 9.99. The Morgan fingerprint density at radius 3 is 2.81 bits per heavy atom. The van der Waals surface area contributed by atoms with Crippen molar-refractivity contribution >= 4 is 28.6 Å². The number of aromatic carboxylic acids is 1. The van der Waals surface area contributed by atoms with Gasteiger partial charge in [-0.1, -0.05) is 17.7 Å². The molecule has 3 aromatic rings. The van der Waals surface area contributed by atoms with Crippen LogP contribution in [0.5, 0.6) is 0 Å².